The lowest BCUT2D eigenvalue weighted by atomic mass is 9.81. The molecule has 2 saturated heterocycles. The lowest BCUT2D eigenvalue weighted by Gasteiger charge is -2.48. The molecule has 0 unspecified atom stereocenters. The molecule has 1 aliphatic carbocycles. The average molecular weight is 171 g/mol. The van der Waals surface area contributed by atoms with Gasteiger partial charge in [-0.1, -0.05) is 12.2 Å². The van der Waals surface area contributed by atoms with E-state index in [0.717, 1.165) is 6.54 Å². The molecule has 0 amide bonds. The van der Waals surface area contributed by atoms with E-state index >= 15 is 0 Å². The van der Waals surface area contributed by atoms with Gasteiger partial charge in [0.05, 0.1) is 5.75 Å². The van der Waals surface area contributed by atoms with Crippen molar-refractivity contribution >= 4 is 9.84 Å². The van der Waals surface area contributed by atoms with Gasteiger partial charge in [-0.15, -0.1) is 0 Å². The zero-order valence-electron chi connectivity index (χ0n) is 5.95. The van der Waals surface area contributed by atoms with Crippen LogP contribution in [0.5, 0.6) is 0 Å². The van der Waals surface area contributed by atoms with E-state index in [4.69, 9.17) is 0 Å². The van der Waals surface area contributed by atoms with Crippen LogP contribution in [0.4, 0.5) is 0 Å². The highest BCUT2D eigenvalue weighted by atomic mass is 32.2. The van der Waals surface area contributed by atoms with Gasteiger partial charge in [-0.05, 0) is 0 Å². The molecule has 0 aromatic heterocycles. The number of rotatable bonds is 0. The summed E-state index contributed by atoms with van der Waals surface area (Å²) in [4.78, 5) is 0. The quantitative estimate of drug-likeness (QED) is 0.491. The van der Waals surface area contributed by atoms with E-state index < -0.39 is 14.6 Å². The molecule has 60 valence electrons. The molecule has 0 aromatic rings. The van der Waals surface area contributed by atoms with Gasteiger partial charge in [0.25, 0.3) is 0 Å². The van der Waals surface area contributed by atoms with E-state index in [0.29, 0.717) is 11.7 Å². The van der Waals surface area contributed by atoms with E-state index in [1.54, 1.807) is 0 Å². The van der Waals surface area contributed by atoms with Gasteiger partial charge < -0.3 is 5.32 Å². The third-order valence-electron chi connectivity index (χ3n) is 3.22. The molecule has 0 bridgehead atoms. The minimum Gasteiger partial charge on any atom is -0.308 e. The van der Waals surface area contributed by atoms with Gasteiger partial charge in [0.2, 0.25) is 0 Å². The molecule has 2 heterocycles. The zero-order valence-corrected chi connectivity index (χ0v) is 6.76. The molecule has 3 nitrogen and oxygen atoms in total. The molecule has 3 rings (SSSR count). The fourth-order valence-corrected chi connectivity index (χ4v) is 4.90. The van der Waals surface area contributed by atoms with E-state index in [-0.39, 0.29) is 6.04 Å². The molecule has 0 aromatic carbocycles. The Morgan fingerprint density at radius 2 is 2.36 bits per heavy atom. The SMILES string of the molecule is O=S1(=O)C[C@H]2CN[C@@H]3C=C[C@]231. The van der Waals surface area contributed by atoms with Crippen molar-refractivity contribution in [3.8, 4) is 0 Å². The van der Waals surface area contributed by atoms with E-state index in [9.17, 15) is 8.42 Å². The zero-order chi connectivity index (χ0) is 7.69. The smallest absolute Gasteiger partial charge is 0.162 e. The largest absolute Gasteiger partial charge is 0.308 e. The summed E-state index contributed by atoms with van der Waals surface area (Å²) in [5, 5.41) is 3.20. The van der Waals surface area contributed by atoms with E-state index in [1.165, 1.54) is 0 Å². The van der Waals surface area contributed by atoms with Crippen molar-refractivity contribution in [1.82, 2.24) is 5.32 Å². The second-order valence-electron chi connectivity index (χ2n) is 3.58. The van der Waals surface area contributed by atoms with Crippen molar-refractivity contribution in [3.63, 3.8) is 0 Å². The molecule has 0 radical (unpaired) electrons. The highest BCUT2D eigenvalue weighted by molar-refractivity contribution is 7.94. The first-order chi connectivity index (χ1) is 5.17. The first kappa shape index (κ1) is 6.20. The Labute approximate surface area is 65.4 Å². The summed E-state index contributed by atoms with van der Waals surface area (Å²) >= 11 is 0. The van der Waals surface area contributed by atoms with Gasteiger partial charge in [0, 0.05) is 18.5 Å². The first-order valence-corrected chi connectivity index (χ1v) is 5.47. The Bertz CT molecular complexity index is 345. The predicted octanol–water partition coefficient (Wildman–Crippen LogP) is -0.689. The van der Waals surface area contributed by atoms with Crippen LogP contribution >= 0.6 is 0 Å². The number of sulfone groups is 1. The summed E-state index contributed by atoms with van der Waals surface area (Å²) in [5.41, 5.74) is 0. The average Bonchev–Trinajstić information content (AvgIpc) is 2.00. The van der Waals surface area contributed by atoms with Crippen LogP contribution in [0.2, 0.25) is 0 Å². The first-order valence-electron chi connectivity index (χ1n) is 3.82. The Morgan fingerprint density at radius 1 is 1.55 bits per heavy atom. The molecule has 0 saturated carbocycles. The number of hydrogen-bond acceptors (Lipinski definition) is 3. The monoisotopic (exact) mass is 171 g/mol. The Morgan fingerprint density at radius 3 is 2.73 bits per heavy atom. The molecule has 4 heteroatoms. The minimum atomic E-state index is -2.77. The van der Waals surface area contributed by atoms with Crippen molar-refractivity contribution in [2.75, 3.05) is 12.3 Å². The standard InChI is InChI=1S/C7H9NO2S/c9-11(10)4-5-3-8-6-1-2-7(5,6)11/h1-2,5-6,8H,3-4H2/t5-,6-,7+/m1/s1. The summed E-state index contributed by atoms with van der Waals surface area (Å²) < 4.78 is 22.3. The third kappa shape index (κ3) is 0.420. The van der Waals surface area contributed by atoms with Crippen LogP contribution in [0.25, 0.3) is 0 Å². The van der Waals surface area contributed by atoms with Crippen LogP contribution in [-0.2, 0) is 9.84 Å². The number of hydrogen-bond donors (Lipinski definition) is 1. The van der Waals surface area contributed by atoms with Crippen molar-refractivity contribution in [2.45, 2.75) is 10.8 Å². The molecule has 1 spiro atoms. The third-order valence-corrected chi connectivity index (χ3v) is 5.86. The topological polar surface area (TPSA) is 46.2 Å². The predicted molar refractivity (Wildman–Crippen MR) is 40.9 cm³/mol. The molecule has 11 heavy (non-hydrogen) atoms. The molecule has 3 atom stereocenters. The maximum Gasteiger partial charge on any atom is 0.162 e. The summed E-state index contributed by atoms with van der Waals surface area (Å²) in [5.74, 6) is 0.753. The molecular formula is C7H9NO2S. The van der Waals surface area contributed by atoms with Crippen LogP contribution in [-0.4, -0.2) is 31.5 Å². The van der Waals surface area contributed by atoms with Crippen LogP contribution in [0.1, 0.15) is 0 Å². The van der Waals surface area contributed by atoms with Crippen LogP contribution < -0.4 is 5.32 Å². The summed E-state index contributed by atoms with van der Waals surface area (Å²) in [6.07, 6.45) is 3.82. The van der Waals surface area contributed by atoms with Crippen molar-refractivity contribution in [2.24, 2.45) is 5.92 Å². The molecule has 3 aliphatic rings. The van der Waals surface area contributed by atoms with Crippen molar-refractivity contribution in [3.05, 3.63) is 12.2 Å². The Hall–Kier alpha value is -0.350. The van der Waals surface area contributed by atoms with Gasteiger partial charge in [0.1, 0.15) is 4.75 Å². The Balaban J connectivity index is 2.21. The highest BCUT2D eigenvalue weighted by Crippen LogP contribution is 2.51. The van der Waals surface area contributed by atoms with Crippen LogP contribution in [0.3, 0.4) is 0 Å². The van der Waals surface area contributed by atoms with Gasteiger partial charge >= 0.3 is 0 Å². The van der Waals surface area contributed by atoms with Crippen molar-refractivity contribution in [1.29, 1.82) is 0 Å². The van der Waals surface area contributed by atoms with Crippen molar-refractivity contribution < 1.29 is 8.42 Å². The molecule has 2 fully saturated rings. The maximum atomic E-state index is 11.4. The normalized spacial score (nSPS) is 55.6. The fraction of sp³-hybridized carbons (Fsp3) is 0.714. The molecule has 1 N–H and O–H groups in total. The molecule has 2 aliphatic heterocycles. The molecular weight excluding hydrogens is 162 g/mol. The second kappa shape index (κ2) is 1.41. The maximum absolute atomic E-state index is 11.4. The highest BCUT2D eigenvalue weighted by Gasteiger charge is 2.68. The minimum absolute atomic E-state index is 0.131. The lowest BCUT2D eigenvalue weighted by molar-refractivity contribution is 0.413. The van der Waals surface area contributed by atoms with Crippen LogP contribution in [0.15, 0.2) is 12.2 Å². The van der Waals surface area contributed by atoms with E-state index in [1.807, 2.05) is 12.2 Å². The number of nitrogens with one attached hydrogen (secondary N) is 1. The van der Waals surface area contributed by atoms with Gasteiger partial charge in [-0.3, -0.25) is 0 Å². The fourth-order valence-electron chi connectivity index (χ4n) is 2.48. The van der Waals surface area contributed by atoms with Gasteiger partial charge in [-0.25, -0.2) is 8.42 Å². The summed E-state index contributed by atoms with van der Waals surface area (Å²) in [7, 11) is -2.77. The Kier molecular flexibility index (Phi) is 0.793. The summed E-state index contributed by atoms with van der Waals surface area (Å²) in [6, 6.07) is 0.131. The van der Waals surface area contributed by atoms with E-state index in [2.05, 4.69) is 5.32 Å². The van der Waals surface area contributed by atoms with Crippen LogP contribution in [0, 0.1) is 5.92 Å². The second-order valence-corrected chi connectivity index (χ2v) is 5.85. The summed E-state index contributed by atoms with van der Waals surface area (Å²) in [6.45, 7) is 0.872. The van der Waals surface area contributed by atoms with Gasteiger partial charge in [-0.2, -0.15) is 0 Å². The lowest BCUT2D eigenvalue weighted by Crippen LogP contribution is -2.65. The van der Waals surface area contributed by atoms with Gasteiger partial charge in [0.15, 0.2) is 9.84 Å².